The Balaban J connectivity index is 1.83. The minimum absolute atomic E-state index is 0.631. The Bertz CT molecular complexity index is 411. The van der Waals surface area contributed by atoms with E-state index in [1.165, 1.54) is 44.3 Å². The van der Waals surface area contributed by atoms with Crippen LogP contribution in [-0.4, -0.2) is 24.5 Å². The zero-order valence-corrected chi connectivity index (χ0v) is 12.1. The highest BCUT2D eigenvalue weighted by atomic mass is 15.2. The molecule has 0 saturated heterocycles. The van der Waals surface area contributed by atoms with E-state index in [1.807, 2.05) is 0 Å². The summed E-state index contributed by atoms with van der Waals surface area (Å²) in [6.07, 6.45) is 5.42. The van der Waals surface area contributed by atoms with Gasteiger partial charge in [0.1, 0.15) is 0 Å². The topological polar surface area (TPSA) is 15.3 Å². The van der Waals surface area contributed by atoms with Crippen molar-refractivity contribution in [2.45, 2.75) is 45.2 Å². The fourth-order valence-corrected chi connectivity index (χ4v) is 3.31. The predicted octanol–water partition coefficient (Wildman–Crippen LogP) is 3.34. The molecule has 0 bridgehead atoms. The van der Waals surface area contributed by atoms with Crippen molar-refractivity contribution in [2.24, 2.45) is 5.92 Å². The van der Waals surface area contributed by atoms with Gasteiger partial charge in [-0.15, -0.1) is 0 Å². The van der Waals surface area contributed by atoms with Crippen molar-refractivity contribution in [1.82, 2.24) is 10.2 Å². The normalized spacial score (nSPS) is 23.2. The standard InChI is InChI=1S/C17H26N2/c1-2-11-19(13-14-7-8-14)17-9-10-18-12-15-5-3-4-6-16(15)17/h3-6,14,17-18H,2,7-13H2,1H3. The van der Waals surface area contributed by atoms with Crippen LogP contribution in [0.2, 0.25) is 0 Å². The summed E-state index contributed by atoms with van der Waals surface area (Å²) in [6, 6.07) is 9.66. The molecule has 2 nitrogen and oxygen atoms in total. The van der Waals surface area contributed by atoms with E-state index in [0.29, 0.717) is 6.04 Å². The maximum Gasteiger partial charge on any atom is 0.0363 e. The summed E-state index contributed by atoms with van der Waals surface area (Å²) < 4.78 is 0. The number of nitrogens with zero attached hydrogens (tertiary/aromatic N) is 1. The van der Waals surface area contributed by atoms with Crippen LogP contribution in [0, 0.1) is 5.92 Å². The van der Waals surface area contributed by atoms with Crippen molar-refractivity contribution in [2.75, 3.05) is 19.6 Å². The zero-order valence-electron chi connectivity index (χ0n) is 12.1. The smallest absolute Gasteiger partial charge is 0.0363 e. The van der Waals surface area contributed by atoms with E-state index in [4.69, 9.17) is 0 Å². The molecular weight excluding hydrogens is 232 g/mol. The Hall–Kier alpha value is -0.860. The number of fused-ring (bicyclic) bond motifs is 1. The van der Waals surface area contributed by atoms with E-state index in [2.05, 4.69) is 41.4 Å². The lowest BCUT2D eigenvalue weighted by Gasteiger charge is -2.32. The second-order valence-corrected chi connectivity index (χ2v) is 6.12. The molecule has 1 saturated carbocycles. The molecule has 1 aliphatic heterocycles. The highest BCUT2D eigenvalue weighted by Gasteiger charge is 2.29. The van der Waals surface area contributed by atoms with Gasteiger partial charge in [0.25, 0.3) is 0 Å². The van der Waals surface area contributed by atoms with E-state index in [9.17, 15) is 0 Å². The van der Waals surface area contributed by atoms with Crippen molar-refractivity contribution in [3.63, 3.8) is 0 Å². The van der Waals surface area contributed by atoms with Gasteiger partial charge in [0.2, 0.25) is 0 Å². The molecular formula is C17H26N2. The quantitative estimate of drug-likeness (QED) is 0.871. The number of rotatable bonds is 5. The van der Waals surface area contributed by atoms with E-state index in [0.717, 1.165) is 19.0 Å². The Morgan fingerprint density at radius 3 is 2.84 bits per heavy atom. The molecule has 1 aromatic carbocycles. The van der Waals surface area contributed by atoms with Gasteiger partial charge in [-0.25, -0.2) is 0 Å². The Labute approximate surface area is 117 Å². The Kier molecular flexibility index (Phi) is 4.19. The number of hydrogen-bond acceptors (Lipinski definition) is 2. The predicted molar refractivity (Wildman–Crippen MR) is 80.1 cm³/mol. The van der Waals surface area contributed by atoms with Crippen LogP contribution >= 0.6 is 0 Å². The maximum atomic E-state index is 3.57. The van der Waals surface area contributed by atoms with Gasteiger partial charge in [-0.05, 0) is 55.8 Å². The Morgan fingerprint density at radius 1 is 1.21 bits per heavy atom. The molecule has 1 unspecified atom stereocenters. The fraction of sp³-hybridized carbons (Fsp3) is 0.647. The molecule has 1 aromatic rings. The number of nitrogens with one attached hydrogen (secondary N) is 1. The highest BCUT2D eigenvalue weighted by molar-refractivity contribution is 5.31. The van der Waals surface area contributed by atoms with E-state index in [1.54, 1.807) is 5.56 Å². The molecule has 0 radical (unpaired) electrons. The van der Waals surface area contributed by atoms with Crippen molar-refractivity contribution >= 4 is 0 Å². The van der Waals surface area contributed by atoms with Crippen LogP contribution in [0.25, 0.3) is 0 Å². The van der Waals surface area contributed by atoms with Gasteiger partial charge < -0.3 is 5.32 Å². The third-order valence-electron chi connectivity index (χ3n) is 4.47. The summed E-state index contributed by atoms with van der Waals surface area (Å²) >= 11 is 0. The Morgan fingerprint density at radius 2 is 2.05 bits per heavy atom. The third kappa shape index (κ3) is 3.18. The summed E-state index contributed by atoms with van der Waals surface area (Å²) in [5, 5.41) is 3.57. The van der Waals surface area contributed by atoms with Crippen LogP contribution < -0.4 is 5.32 Å². The van der Waals surface area contributed by atoms with Gasteiger partial charge in [0, 0.05) is 19.1 Å². The van der Waals surface area contributed by atoms with Crippen LogP contribution in [-0.2, 0) is 6.54 Å². The molecule has 1 aliphatic carbocycles. The molecule has 2 aliphatic rings. The monoisotopic (exact) mass is 258 g/mol. The SMILES string of the molecule is CCCN(CC1CC1)C1CCNCc2ccccc21. The molecule has 1 heterocycles. The minimum atomic E-state index is 0.631. The number of benzene rings is 1. The first-order chi connectivity index (χ1) is 9.38. The van der Waals surface area contributed by atoms with Crippen LogP contribution in [0.3, 0.4) is 0 Å². The fourth-order valence-electron chi connectivity index (χ4n) is 3.31. The molecule has 1 N–H and O–H groups in total. The molecule has 1 atom stereocenters. The van der Waals surface area contributed by atoms with Gasteiger partial charge in [-0.1, -0.05) is 31.2 Å². The van der Waals surface area contributed by atoms with Gasteiger partial charge in [0.05, 0.1) is 0 Å². The first-order valence-corrected chi connectivity index (χ1v) is 7.91. The molecule has 3 rings (SSSR count). The minimum Gasteiger partial charge on any atom is -0.313 e. The van der Waals surface area contributed by atoms with Gasteiger partial charge in [0.15, 0.2) is 0 Å². The van der Waals surface area contributed by atoms with Crippen LogP contribution in [0.15, 0.2) is 24.3 Å². The second kappa shape index (κ2) is 6.06. The van der Waals surface area contributed by atoms with Crippen molar-refractivity contribution in [3.05, 3.63) is 35.4 Å². The van der Waals surface area contributed by atoms with Crippen LogP contribution in [0.4, 0.5) is 0 Å². The molecule has 0 amide bonds. The number of hydrogen-bond donors (Lipinski definition) is 1. The lowest BCUT2D eigenvalue weighted by Crippen LogP contribution is -2.32. The summed E-state index contributed by atoms with van der Waals surface area (Å²) in [6.45, 7) is 7.05. The average Bonchev–Trinajstić information content (AvgIpc) is 3.24. The zero-order chi connectivity index (χ0) is 13.1. The summed E-state index contributed by atoms with van der Waals surface area (Å²) in [7, 11) is 0. The lowest BCUT2D eigenvalue weighted by molar-refractivity contribution is 0.181. The van der Waals surface area contributed by atoms with Gasteiger partial charge >= 0.3 is 0 Å². The van der Waals surface area contributed by atoms with Crippen LogP contribution in [0.1, 0.15) is 49.8 Å². The lowest BCUT2D eigenvalue weighted by atomic mass is 9.97. The molecule has 1 fully saturated rings. The molecule has 0 aromatic heterocycles. The van der Waals surface area contributed by atoms with Gasteiger partial charge in [-0.3, -0.25) is 4.90 Å². The first-order valence-electron chi connectivity index (χ1n) is 7.91. The van der Waals surface area contributed by atoms with Crippen LogP contribution in [0.5, 0.6) is 0 Å². The molecule has 2 heteroatoms. The average molecular weight is 258 g/mol. The van der Waals surface area contributed by atoms with E-state index in [-0.39, 0.29) is 0 Å². The summed E-state index contributed by atoms with van der Waals surface area (Å²) in [5.41, 5.74) is 3.07. The third-order valence-corrected chi connectivity index (χ3v) is 4.47. The summed E-state index contributed by atoms with van der Waals surface area (Å²) in [5.74, 6) is 0.981. The van der Waals surface area contributed by atoms with E-state index >= 15 is 0 Å². The largest absolute Gasteiger partial charge is 0.313 e. The van der Waals surface area contributed by atoms with E-state index < -0.39 is 0 Å². The first kappa shape index (κ1) is 13.1. The molecule has 0 spiro atoms. The van der Waals surface area contributed by atoms with Crippen molar-refractivity contribution < 1.29 is 0 Å². The molecule has 19 heavy (non-hydrogen) atoms. The molecule has 104 valence electrons. The second-order valence-electron chi connectivity index (χ2n) is 6.12. The highest BCUT2D eigenvalue weighted by Crippen LogP contribution is 2.35. The van der Waals surface area contributed by atoms with Gasteiger partial charge in [-0.2, -0.15) is 0 Å². The maximum absolute atomic E-state index is 3.57. The summed E-state index contributed by atoms with van der Waals surface area (Å²) in [4.78, 5) is 2.75. The van der Waals surface area contributed by atoms with Crippen molar-refractivity contribution in [3.8, 4) is 0 Å². The van der Waals surface area contributed by atoms with Crippen molar-refractivity contribution in [1.29, 1.82) is 0 Å².